The molecule has 2 aromatic heterocycles. The van der Waals surface area contributed by atoms with E-state index < -0.39 is 0 Å². The second-order valence-corrected chi connectivity index (χ2v) is 6.72. The molecule has 2 aromatic rings. The van der Waals surface area contributed by atoms with Crippen LogP contribution < -0.4 is 5.32 Å². The summed E-state index contributed by atoms with van der Waals surface area (Å²) >= 11 is 1.63. The number of nitrogens with one attached hydrogen (secondary N) is 1. The number of thiazole rings is 1. The predicted molar refractivity (Wildman–Crippen MR) is 98.0 cm³/mol. The zero-order valence-corrected chi connectivity index (χ0v) is 15.5. The van der Waals surface area contributed by atoms with Crippen LogP contribution in [0.1, 0.15) is 41.3 Å². The summed E-state index contributed by atoms with van der Waals surface area (Å²) in [4.78, 5) is 18.8. The highest BCUT2D eigenvalue weighted by atomic mass is 35.5. The topological polar surface area (TPSA) is 63.1 Å². The van der Waals surface area contributed by atoms with Gasteiger partial charge in [0.25, 0.3) is 5.91 Å². The smallest absolute Gasteiger partial charge is 0.274 e. The lowest BCUT2D eigenvalue weighted by atomic mass is 10.1. The number of rotatable bonds is 6. The molecule has 0 radical (unpaired) electrons. The third-order valence-electron chi connectivity index (χ3n) is 4.22. The van der Waals surface area contributed by atoms with Crippen molar-refractivity contribution in [1.29, 1.82) is 0 Å². The molecule has 0 aliphatic carbocycles. The number of piperidine rings is 1. The standard InChI is InChI=1S/C16H23N5OS.ClH/c1-2-20(9-6-15-18-8-11-23-15)16(22)14-5-10-21(19-14)13-4-3-7-17-12-13;/h5,8,10-11,13,17H,2-4,6-7,9,12H2,1H3;1H. The van der Waals surface area contributed by atoms with Crippen LogP contribution in [-0.2, 0) is 6.42 Å². The maximum absolute atomic E-state index is 12.6. The Balaban J connectivity index is 0.00000208. The number of likely N-dealkylation sites (N-methyl/N-ethyl adjacent to an activating group) is 1. The SMILES string of the molecule is CCN(CCc1nccs1)C(=O)c1ccn(C2CCCNC2)n1.Cl. The van der Waals surface area contributed by atoms with Crippen LogP contribution in [0.3, 0.4) is 0 Å². The van der Waals surface area contributed by atoms with Crippen molar-refractivity contribution in [2.75, 3.05) is 26.2 Å². The fourth-order valence-electron chi connectivity index (χ4n) is 2.89. The molecule has 24 heavy (non-hydrogen) atoms. The van der Waals surface area contributed by atoms with Crippen molar-refractivity contribution in [3.8, 4) is 0 Å². The second kappa shape index (κ2) is 9.15. The lowest BCUT2D eigenvalue weighted by molar-refractivity contribution is 0.0759. The number of hydrogen-bond donors (Lipinski definition) is 1. The first-order valence-electron chi connectivity index (χ1n) is 8.21. The van der Waals surface area contributed by atoms with E-state index in [0.29, 0.717) is 24.8 Å². The highest BCUT2D eigenvalue weighted by Gasteiger charge is 2.20. The molecule has 1 atom stereocenters. The van der Waals surface area contributed by atoms with Crippen molar-refractivity contribution in [3.05, 3.63) is 34.5 Å². The molecule has 1 fully saturated rings. The second-order valence-electron chi connectivity index (χ2n) is 5.74. The van der Waals surface area contributed by atoms with Crippen LogP contribution in [0.5, 0.6) is 0 Å². The van der Waals surface area contributed by atoms with E-state index in [4.69, 9.17) is 0 Å². The average Bonchev–Trinajstić information content (AvgIpc) is 3.28. The Morgan fingerprint density at radius 2 is 2.42 bits per heavy atom. The highest BCUT2D eigenvalue weighted by molar-refractivity contribution is 7.09. The van der Waals surface area contributed by atoms with E-state index >= 15 is 0 Å². The van der Waals surface area contributed by atoms with Gasteiger partial charge in [-0.2, -0.15) is 5.10 Å². The van der Waals surface area contributed by atoms with Gasteiger partial charge in [0, 0.05) is 43.8 Å². The lowest BCUT2D eigenvalue weighted by Crippen LogP contribution is -2.34. The summed E-state index contributed by atoms with van der Waals surface area (Å²) in [6.45, 7) is 5.37. The van der Waals surface area contributed by atoms with Crippen LogP contribution in [0.4, 0.5) is 0 Å². The van der Waals surface area contributed by atoms with Crippen molar-refractivity contribution >= 4 is 29.7 Å². The monoisotopic (exact) mass is 369 g/mol. The van der Waals surface area contributed by atoms with Crippen LogP contribution in [-0.4, -0.2) is 51.8 Å². The minimum atomic E-state index is 0. The summed E-state index contributed by atoms with van der Waals surface area (Å²) < 4.78 is 1.94. The molecular formula is C16H24ClN5OS. The molecule has 3 heterocycles. The molecule has 1 aliphatic rings. The minimum Gasteiger partial charge on any atom is -0.337 e. The van der Waals surface area contributed by atoms with E-state index in [2.05, 4.69) is 15.4 Å². The normalized spacial score (nSPS) is 17.3. The molecule has 0 aromatic carbocycles. The number of nitrogens with zero attached hydrogens (tertiary/aromatic N) is 4. The number of halogens is 1. The van der Waals surface area contributed by atoms with Crippen LogP contribution in [0.2, 0.25) is 0 Å². The van der Waals surface area contributed by atoms with Crippen molar-refractivity contribution < 1.29 is 4.79 Å². The van der Waals surface area contributed by atoms with E-state index in [-0.39, 0.29) is 18.3 Å². The average molecular weight is 370 g/mol. The number of carbonyl (C=O) groups excluding carboxylic acids is 1. The summed E-state index contributed by atoms with van der Waals surface area (Å²) in [5.41, 5.74) is 0.538. The quantitative estimate of drug-likeness (QED) is 0.849. The number of carbonyl (C=O) groups is 1. The van der Waals surface area contributed by atoms with Gasteiger partial charge in [0.15, 0.2) is 0 Å². The van der Waals surface area contributed by atoms with Crippen molar-refractivity contribution in [1.82, 2.24) is 25.0 Å². The van der Waals surface area contributed by atoms with Gasteiger partial charge < -0.3 is 10.2 Å². The van der Waals surface area contributed by atoms with Crippen LogP contribution in [0.15, 0.2) is 23.8 Å². The van der Waals surface area contributed by atoms with Crippen LogP contribution >= 0.6 is 23.7 Å². The van der Waals surface area contributed by atoms with E-state index in [1.807, 2.05) is 34.1 Å². The molecule has 0 saturated carbocycles. The molecule has 0 spiro atoms. The van der Waals surface area contributed by atoms with E-state index in [1.165, 1.54) is 0 Å². The summed E-state index contributed by atoms with van der Waals surface area (Å²) in [5, 5.41) is 10.9. The molecule has 6 nitrogen and oxygen atoms in total. The zero-order valence-electron chi connectivity index (χ0n) is 13.9. The summed E-state index contributed by atoms with van der Waals surface area (Å²) in [5.74, 6) is 0.00609. The van der Waals surface area contributed by atoms with Gasteiger partial charge >= 0.3 is 0 Å². The number of aromatic nitrogens is 3. The number of amides is 1. The lowest BCUT2D eigenvalue weighted by Gasteiger charge is -2.23. The van der Waals surface area contributed by atoms with Crippen LogP contribution in [0.25, 0.3) is 0 Å². The van der Waals surface area contributed by atoms with E-state index in [9.17, 15) is 4.79 Å². The molecule has 3 rings (SSSR count). The van der Waals surface area contributed by atoms with Crippen molar-refractivity contribution in [3.63, 3.8) is 0 Å². The predicted octanol–water partition coefficient (Wildman–Crippen LogP) is 2.39. The van der Waals surface area contributed by atoms with Gasteiger partial charge in [0.2, 0.25) is 0 Å². The van der Waals surface area contributed by atoms with Gasteiger partial charge in [0.1, 0.15) is 5.69 Å². The fraction of sp³-hybridized carbons (Fsp3) is 0.562. The molecule has 1 N–H and O–H groups in total. The van der Waals surface area contributed by atoms with Gasteiger partial charge in [-0.05, 0) is 32.4 Å². The Morgan fingerprint density at radius 1 is 1.54 bits per heavy atom. The summed E-state index contributed by atoms with van der Waals surface area (Å²) in [6.07, 6.45) is 6.80. The molecule has 132 valence electrons. The number of hydrogen-bond acceptors (Lipinski definition) is 5. The maximum Gasteiger partial charge on any atom is 0.274 e. The van der Waals surface area contributed by atoms with Gasteiger partial charge in [-0.15, -0.1) is 23.7 Å². The Labute approximate surface area is 152 Å². The van der Waals surface area contributed by atoms with Crippen LogP contribution in [0, 0.1) is 0 Å². The summed E-state index contributed by atoms with van der Waals surface area (Å²) in [6, 6.07) is 2.19. The van der Waals surface area contributed by atoms with Crippen molar-refractivity contribution in [2.45, 2.75) is 32.2 Å². The Hall–Kier alpha value is -1.44. The first-order valence-corrected chi connectivity index (χ1v) is 9.09. The summed E-state index contributed by atoms with van der Waals surface area (Å²) in [7, 11) is 0. The van der Waals surface area contributed by atoms with Gasteiger partial charge in [-0.3, -0.25) is 9.48 Å². The molecule has 1 unspecified atom stereocenters. The molecule has 1 saturated heterocycles. The molecular weight excluding hydrogens is 346 g/mol. The van der Waals surface area contributed by atoms with Crippen molar-refractivity contribution in [2.24, 2.45) is 0 Å². The third kappa shape index (κ3) is 4.55. The maximum atomic E-state index is 12.6. The Kier molecular flexibility index (Phi) is 7.20. The Bertz CT molecular complexity index is 624. The van der Waals surface area contributed by atoms with E-state index in [1.54, 1.807) is 17.5 Å². The Morgan fingerprint density at radius 3 is 3.08 bits per heavy atom. The molecule has 0 bridgehead atoms. The molecule has 8 heteroatoms. The largest absolute Gasteiger partial charge is 0.337 e. The first-order chi connectivity index (χ1) is 11.3. The van der Waals surface area contributed by atoms with Gasteiger partial charge in [0.05, 0.1) is 11.0 Å². The molecule has 1 aliphatic heterocycles. The fourth-order valence-corrected chi connectivity index (χ4v) is 3.50. The minimum absolute atomic E-state index is 0. The van der Waals surface area contributed by atoms with Gasteiger partial charge in [-0.1, -0.05) is 0 Å². The highest BCUT2D eigenvalue weighted by Crippen LogP contribution is 2.16. The zero-order chi connectivity index (χ0) is 16.1. The third-order valence-corrected chi connectivity index (χ3v) is 5.06. The van der Waals surface area contributed by atoms with E-state index in [0.717, 1.165) is 37.4 Å². The first kappa shape index (κ1) is 18.9. The van der Waals surface area contributed by atoms with Gasteiger partial charge in [-0.25, -0.2) is 4.98 Å². The molecule has 1 amide bonds.